The van der Waals surface area contributed by atoms with E-state index < -0.39 is 72.0 Å². The summed E-state index contributed by atoms with van der Waals surface area (Å²) in [6.45, 7) is 7.43. The number of aliphatic hydroxyl groups excluding tert-OH is 1. The maximum atomic E-state index is 13.7. The quantitative estimate of drug-likeness (QED) is 0.155. The highest BCUT2D eigenvalue weighted by molar-refractivity contribution is 5.90. The number of hydrogen-bond acceptors (Lipinski definition) is 9. The number of aliphatic hydroxyl groups is 1. The molecule has 10 heteroatoms. The maximum Gasteiger partial charge on any atom is 0.373 e. The van der Waals surface area contributed by atoms with Crippen LogP contribution in [0.4, 0.5) is 0 Å². The summed E-state index contributed by atoms with van der Waals surface area (Å²) < 4.78 is 32.4. The molecule has 1 saturated carbocycles. The van der Waals surface area contributed by atoms with Crippen molar-refractivity contribution in [3.8, 4) is 12.3 Å². The summed E-state index contributed by atoms with van der Waals surface area (Å²) in [5.74, 6) is -0.643. The van der Waals surface area contributed by atoms with E-state index in [2.05, 4.69) is 5.92 Å². The van der Waals surface area contributed by atoms with Crippen molar-refractivity contribution in [1.29, 1.82) is 0 Å². The number of hydrogen-bond donors (Lipinski definition) is 1. The molecule has 1 spiro atoms. The molecule has 1 unspecified atom stereocenters. The number of nitrogens with zero attached hydrogens (tertiary/aromatic N) is 1. The Morgan fingerprint density at radius 1 is 1.23 bits per heavy atom. The fraction of sp³-hybridized carbons (Fsp3) is 0.526. The van der Waals surface area contributed by atoms with Crippen molar-refractivity contribution in [2.75, 3.05) is 7.11 Å². The molecule has 254 valence electrons. The molecular formula is C38H44NO9+. The van der Waals surface area contributed by atoms with E-state index in [-0.39, 0.29) is 30.7 Å². The summed E-state index contributed by atoms with van der Waals surface area (Å²) in [5, 5.41) is 11.9. The topological polar surface area (TPSA) is 121 Å². The molecule has 4 bridgehead atoms. The smallest absolute Gasteiger partial charge is 0.373 e. The average Bonchev–Trinajstić information content (AvgIpc) is 3.67. The van der Waals surface area contributed by atoms with E-state index in [4.69, 9.17) is 30.1 Å². The fourth-order valence-electron chi connectivity index (χ4n) is 8.40. The van der Waals surface area contributed by atoms with E-state index >= 15 is 0 Å². The van der Waals surface area contributed by atoms with Crippen molar-refractivity contribution < 1.29 is 47.7 Å². The van der Waals surface area contributed by atoms with Crippen LogP contribution in [0.25, 0.3) is 0 Å². The molecule has 5 aliphatic rings. The molecule has 1 N–H and O–H groups in total. The van der Waals surface area contributed by atoms with Crippen LogP contribution in [0.3, 0.4) is 0 Å². The van der Waals surface area contributed by atoms with Gasteiger partial charge in [-0.1, -0.05) is 56.2 Å². The van der Waals surface area contributed by atoms with Crippen molar-refractivity contribution in [3.63, 3.8) is 0 Å². The van der Waals surface area contributed by atoms with E-state index in [1.165, 1.54) is 7.11 Å². The lowest BCUT2D eigenvalue weighted by Crippen LogP contribution is -2.57. The number of allylic oxidation sites excluding steroid dienone is 3. The van der Waals surface area contributed by atoms with Crippen LogP contribution in [0.2, 0.25) is 0 Å². The highest BCUT2D eigenvalue weighted by atomic mass is 16.6. The first-order valence-electron chi connectivity index (χ1n) is 16.7. The van der Waals surface area contributed by atoms with Gasteiger partial charge in [0.15, 0.2) is 18.5 Å². The van der Waals surface area contributed by atoms with Crippen LogP contribution in [-0.4, -0.2) is 72.3 Å². The lowest BCUT2D eigenvalue weighted by Gasteiger charge is -2.49. The van der Waals surface area contributed by atoms with Gasteiger partial charge in [-0.3, -0.25) is 0 Å². The molecule has 48 heavy (non-hydrogen) atoms. The molecule has 3 heterocycles. The SMILES string of the molecule is C#Cc1cc[n+](CC(=O)O[C@H](C)[C@H]2OC(=O)[C@@H](OC)CC3C=C[C@H]4[C@H]5O[C@]3(/C(C)=C/[C@H]2C)[C@@H]4[C@H](O)[C@@H](C)[C@H]5OC(=O)C2=CC=CC2)cc1. The second kappa shape index (κ2) is 13.5. The zero-order valence-corrected chi connectivity index (χ0v) is 28.0. The number of carbonyl (C=O) groups excluding carboxylic acids is 3. The van der Waals surface area contributed by atoms with Crippen LogP contribution in [0.5, 0.6) is 0 Å². The Labute approximate surface area is 281 Å². The van der Waals surface area contributed by atoms with Gasteiger partial charge < -0.3 is 28.8 Å². The third kappa shape index (κ3) is 5.93. The van der Waals surface area contributed by atoms with Gasteiger partial charge in [0.1, 0.15) is 30.0 Å². The van der Waals surface area contributed by atoms with E-state index in [0.717, 1.165) is 5.57 Å². The Kier molecular flexibility index (Phi) is 9.49. The van der Waals surface area contributed by atoms with E-state index in [0.29, 0.717) is 17.6 Å². The monoisotopic (exact) mass is 658 g/mol. The van der Waals surface area contributed by atoms with E-state index in [1.54, 1.807) is 42.1 Å². The minimum atomic E-state index is -0.999. The molecule has 1 saturated heterocycles. The van der Waals surface area contributed by atoms with Crippen LogP contribution >= 0.6 is 0 Å². The molecular weight excluding hydrogens is 614 g/mol. The van der Waals surface area contributed by atoms with E-state index in [1.807, 2.05) is 51.2 Å². The molecule has 3 aliphatic carbocycles. The number of terminal acetylenes is 1. The fourth-order valence-corrected chi connectivity index (χ4v) is 8.40. The molecule has 1 aromatic rings. The van der Waals surface area contributed by atoms with Gasteiger partial charge in [0.05, 0.1) is 6.10 Å². The van der Waals surface area contributed by atoms with Crippen molar-refractivity contribution >= 4 is 17.9 Å². The van der Waals surface area contributed by atoms with Crippen molar-refractivity contribution in [2.24, 2.45) is 29.6 Å². The number of esters is 3. The summed E-state index contributed by atoms with van der Waals surface area (Å²) in [6.07, 6.45) is 16.5. The number of ether oxygens (including phenoxy) is 5. The summed E-state index contributed by atoms with van der Waals surface area (Å²) >= 11 is 0. The predicted octanol–water partition coefficient (Wildman–Crippen LogP) is 3.16. The molecule has 2 fully saturated rings. The highest BCUT2D eigenvalue weighted by Gasteiger charge is 2.69. The van der Waals surface area contributed by atoms with Gasteiger partial charge in [-0.05, 0) is 32.3 Å². The lowest BCUT2D eigenvalue weighted by molar-refractivity contribution is -0.686. The lowest BCUT2D eigenvalue weighted by atomic mass is 9.57. The molecule has 6 rings (SSSR count). The number of aromatic nitrogens is 1. The molecule has 0 amide bonds. The first-order valence-corrected chi connectivity index (χ1v) is 16.7. The predicted molar refractivity (Wildman–Crippen MR) is 172 cm³/mol. The second-order valence-corrected chi connectivity index (χ2v) is 13.7. The zero-order valence-electron chi connectivity index (χ0n) is 28.0. The molecule has 10 nitrogen and oxygen atoms in total. The first kappa shape index (κ1) is 33.8. The zero-order chi connectivity index (χ0) is 34.3. The van der Waals surface area contributed by atoms with Crippen LogP contribution in [0.15, 0.2) is 72.1 Å². The van der Waals surface area contributed by atoms with Gasteiger partial charge in [-0.25, -0.2) is 14.4 Å². The third-order valence-electron chi connectivity index (χ3n) is 10.8. The average molecular weight is 659 g/mol. The highest BCUT2D eigenvalue weighted by Crippen LogP contribution is 2.61. The Morgan fingerprint density at radius 3 is 2.65 bits per heavy atom. The molecule has 0 aromatic carbocycles. The number of pyridine rings is 1. The number of cyclic esters (lactones) is 1. The summed E-state index contributed by atoms with van der Waals surface area (Å²) in [5.41, 5.74) is 1.13. The van der Waals surface area contributed by atoms with E-state index in [9.17, 15) is 19.5 Å². The standard InChI is InChI=1S/C38H44NO9/c1-7-25-14-16-39(17-15-25)20-30(40)45-24(5)33-21(2)18-22(3)38-27(19-29(44-6)37(43)46-33)12-13-28-31(38)32(41)23(4)34(35(28)48-38)47-36(42)26-10-8-9-11-26/h1,8-10,12-18,21,23-24,27-29,31-35,41H,11,19-20H2,2-6H3/q+1/b22-18+/t21-,23-,24-,27?,28-,29+,31+,32-,33+,34-,35-,38+/m1/s1. The van der Waals surface area contributed by atoms with Gasteiger partial charge in [-0.15, -0.1) is 6.42 Å². The molecule has 2 aliphatic heterocycles. The van der Waals surface area contributed by atoms with Crippen LogP contribution in [0.1, 0.15) is 46.1 Å². The van der Waals surface area contributed by atoms with Crippen molar-refractivity contribution in [1.82, 2.24) is 0 Å². The summed E-state index contributed by atoms with van der Waals surface area (Å²) in [4.78, 5) is 39.8. The summed E-state index contributed by atoms with van der Waals surface area (Å²) in [7, 11) is 1.46. The molecule has 0 radical (unpaired) electrons. The minimum absolute atomic E-state index is 0.0508. The van der Waals surface area contributed by atoms with Crippen LogP contribution in [0, 0.1) is 41.9 Å². The Balaban J connectivity index is 1.29. The van der Waals surface area contributed by atoms with Crippen molar-refractivity contribution in [2.45, 2.75) is 89.3 Å². The largest absolute Gasteiger partial charge is 0.456 e. The molecule has 1 aromatic heterocycles. The number of methoxy groups -OCH3 is 1. The Morgan fingerprint density at radius 2 is 1.98 bits per heavy atom. The van der Waals surface area contributed by atoms with Gasteiger partial charge in [0, 0.05) is 60.0 Å². The maximum absolute atomic E-state index is 13.7. The van der Waals surface area contributed by atoms with Gasteiger partial charge in [0.2, 0.25) is 6.54 Å². The third-order valence-corrected chi connectivity index (χ3v) is 10.8. The Bertz CT molecular complexity index is 1600. The number of rotatable bonds is 7. The summed E-state index contributed by atoms with van der Waals surface area (Å²) in [6, 6.07) is 3.46. The Hall–Kier alpha value is -4.04. The van der Waals surface area contributed by atoms with Crippen LogP contribution < -0.4 is 4.57 Å². The van der Waals surface area contributed by atoms with Crippen molar-refractivity contribution in [3.05, 3.63) is 77.7 Å². The first-order chi connectivity index (χ1) is 23.0. The van der Waals surface area contributed by atoms with Gasteiger partial charge in [0.25, 0.3) is 0 Å². The van der Waals surface area contributed by atoms with Crippen LogP contribution in [-0.2, 0) is 44.6 Å². The number of carbonyl (C=O) groups is 3. The normalized spacial score (nSPS) is 38.4. The molecule has 12 atom stereocenters. The second-order valence-electron chi connectivity index (χ2n) is 13.7. The van der Waals surface area contributed by atoms with Gasteiger partial charge >= 0.3 is 17.9 Å². The minimum Gasteiger partial charge on any atom is -0.456 e. The van der Waals surface area contributed by atoms with Gasteiger partial charge in [-0.2, -0.15) is 4.57 Å².